The van der Waals surface area contributed by atoms with Crippen molar-refractivity contribution in [3.05, 3.63) is 42.2 Å². The van der Waals surface area contributed by atoms with Gasteiger partial charge in [-0.05, 0) is 11.5 Å². The van der Waals surface area contributed by atoms with Crippen LogP contribution in [0.15, 0.2) is 36.5 Å². The highest BCUT2D eigenvalue weighted by Gasteiger charge is 2.23. The lowest BCUT2D eigenvalue weighted by Gasteiger charge is -2.15. The van der Waals surface area contributed by atoms with Crippen LogP contribution in [0.3, 0.4) is 0 Å². The molecule has 0 saturated heterocycles. The van der Waals surface area contributed by atoms with Gasteiger partial charge in [-0.15, -0.1) is 0 Å². The summed E-state index contributed by atoms with van der Waals surface area (Å²) in [4.78, 5) is 0. The first-order chi connectivity index (χ1) is 6.98. The molecule has 0 atom stereocenters. The topological polar surface area (TPSA) is 3.88 Å². The summed E-state index contributed by atoms with van der Waals surface area (Å²) in [6.45, 7) is 8.86. The number of aryl methyl sites for hydroxylation is 1. The van der Waals surface area contributed by atoms with Crippen LogP contribution in [0.4, 0.5) is 0 Å². The molecular formula is C14H18N+. The monoisotopic (exact) mass is 200 g/mol. The predicted molar refractivity (Wildman–Crippen MR) is 63.9 cm³/mol. The number of rotatable bonds is 0. The Morgan fingerprint density at radius 1 is 1.00 bits per heavy atom. The van der Waals surface area contributed by atoms with Crippen LogP contribution in [0, 0.1) is 6.92 Å². The van der Waals surface area contributed by atoms with Crippen molar-refractivity contribution >= 4 is 10.8 Å². The van der Waals surface area contributed by atoms with Gasteiger partial charge in [0.25, 0.3) is 0 Å². The van der Waals surface area contributed by atoms with E-state index in [0.717, 1.165) is 0 Å². The van der Waals surface area contributed by atoms with E-state index in [0.29, 0.717) is 0 Å². The zero-order valence-electron chi connectivity index (χ0n) is 9.91. The van der Waals surface area contributed by atoms with Gasteiger partial charge in [-0.2, -0.15) is 4.57 Å². The quantitative estimate of drug-likeness (QED) is 0.575. The summed E-state index contributed by atoms with van der Waals surface area (Å²) in [6, 6.07) is 10.8. The van der Waals surface area contributed by atoms with Gasteiger partial charge in [-0.1, -0.05) is 18.2 Å². The standard InChI is InChI=1S/C14H18N/c1-11-9-12-7-5-6-8-13(12)10-15(11)14(2,3)4/h5-10H,1-4H3/q+1. The van der Waals surface area contributed by atoms with E-state index in [1.165, 1.54) is 16.5 Å². The highest BCUT2D eigenvalue weighted by molar-refractivity contribution is 5.80. The zero-order valence-corrected chi connectivity index (χ0v) is 9.91. The van der Waals surface area contributed by atoms with E-state index >= 15 is 0 Å². The van der Waals surface area contributed by atoms with Crippen LogP contribution in [0.2, 0.25) is 0 Å². The smallest absolute Gasteiger partial charge is 0.179 e. The van der Waals surface area contributed by atoms with E-state index in [9.17, 15) is 0 Å². The van der Waals surface area contributed by atoms with Crippen molar-refractivity contribution in [3.63, 3.8) is 0 Å². The number of hydrogen-bond donors (Lipinski definition) is 0. The van der Waals surface area contributed by atoms with E-state index in [2.05, 4.69) is 68.8 Å². The number of hydrogen-bond acceptors (Lipinski definition) is 0. The van der Waals surface area contributed by atoms with E-state index in [4.69, 9.17) is 0 Å². The lowest BCUT2D eigenvalue weighted by molar-refractivity contribution is -0.758. The van der Waals surface area contributed by atoms with Gasteiger partial charge in [0.1, 0.15) is 0 Å². The van der Waals surface area contributed by atoms with Crippen molar-refractivity contribution in [2.45, 2.75) is 33.2 Å². The maximum absolute atomic E-state index is 2.33. The Balaban J connectivity index is 2.73. The van der Waals surface area contributed by atoms with Crippen molar-refractivity contribution in [2.75, 3.05) is 0 Å². The third-order valence-corrected chi connectivity index (χ3v) is 2.73. The Labute approximate surface area is 91.4 Å². The van der Waals surface area contributed by atoms with Crippen LogP contribution in [-0.2, 0) is 5.54 Å². The molecule has 0 radical (unpaired) electrons. The second-order valence-electron chi connectivity index (χ2n) is 5.08. The highest BCUT2D eigenvalue weighted by atomic mass is 15.0. The molecule has 78 valence electrons. The van der Waals surface area contributed by atoms with Crippen LogP contribution < -0.4 is 4.57 Å². The first kappa shape index (κ1) is 10.2. The molecular weight excluding hydrogens is 182 g/mol. The maximum atomic E-state index is 2.33. The lowest BCUT2D eigenvalue weighted by atomic mass is 10.1. The molecule has 0 fully saturated rings. The Kier molecular flexibility index (Phi) is 2.26. The summed E-state index contributed by atoms with van der Waals surface area (Å²) in [5.74, 6) is 0. The highest BCUT2D eigenvalue weighted by Crippen LogP contribution is 2.15. The molecule has 2 aromatic rings. The Bertz CT molecular complexity index is 492. The Hall–Kier alpha value is -1.37. The summed E-state index contributed by atoms with van der Waals surface area (Å²) in [5.41, 5.74) is 1.45. The van der Waals surface area contributed by atoms with Crippen molar-refractivity contribution in [3.8, 4) is 0 Å². The molecule has 0 amide bonds. The van der Waals surface area contributed by atoms with E-state index in [1.807, 2.05) is 0 Å². The molecule has 1 heteroatoms. The molecule has 1 aromatic carbocycles. The van der Waals surface area contributed by atoms with E-state index < -0.39 is 0 Å². The van der Waals surface area contributed by atoms with Gasteiger partial charge in [-0.25, -0.2) is 0 Å². The average Bonchev–Trinajstić information content (AvgIpc) is 2.15. The van der Waals surface area contributed by atoms with Crippen molar-refractivity contribution < 1.29 is 4.57 Å². The molecule has 0 saturated carbocycles. The number of aromatic nitrogens is 1. The van der Waals surface area contributed by atoms with Gasteiger partial charge in [-0.3, -0.25) is 0 Å². The first-order valence-corrected chi connectivity index (χ1v) is 5.40. The molecule has 0 N–H and O–H groups in total. The van der Waals surface area contributed by atoms with Crippen LogP contribution in [0.1, 0.15) is 26.5 Å². The third-order valence-electron chi connectivity index (χ3n) is 2.73. The molecule has 0 bridgehead atoms. The second kappa shape index (κ2) is 3.34. The van der Waals surface area contributed by atoms with Crippen molar-refractivity contribution in [2.24, 2.45) is 0 Å². The van der Waals surface area contributed by atoms with Gasteiger partial charge in [0.15, 0.2) is 17.4 Å². The molecule has 0 aliphatic heterocycles. The molecule has 0 spiro atoms. The van der Waals surface area contributed by atoms with Crippen molar-refractivity contribution in [1.82, 2.24) is 0 Å². The summed E-state index contributed by atoms with van der Waals surface area (Å²) in [6.07, 6.45) is 2.24. The molecule has 2 rings (SSSR count). The van der Waals surface area contributed by atoms with Gasteiger partial charge in [0, 0.05) is 39.1 Å². The lowest BCUT2D eigenvalue weighted by Crippen LogP contribution is -2.52. The fourth-order valence-electron chi connectivity index (χ4n) is 2.02. The van der Waals surface area contributed by atoms with Gasteiger partial charge in [0.05, 0.1) is 0 Å². The van der Waals surface area contributed by atoms with Crippen LogP contribution in [-0.4, -0.2) is 0 Å². The molecule has 0 aliphatic rings. The van der Waals surface area contributed by atoms with Crippen LogP contribution in [0.5, 0.6) is 0 Å². The second-order valence-corrected chi connectivity index (χ2v) is 5.08. The molecule has 0 unspecified atom stereocenters. The molecule has 15 heavy (non-hydrogen) atoms. The Morgan fingerprint density at radius 2 is 1.60 bits per heavy atom. The number of fused-ring (bicyclic) bond motifs is 1. The number of nitrogens with zero attached hydrogens (tertiary/aromatic N) is 1. The largest absolute Gasteiger partial charge is 0.198 e. The average molecular weight is 200 g/mol. The summed E-state index contributed by atoms with van der Waals surface area (Å²) >= 11 is 0. The summed E-state index contributed by atoms with van der Waals surface area (Å²) < 4.78 is 2.33. The van der Waals surface area contributed by atoms with Crippen LogP contribution >= 0.6 is 0 Å². The molecule has 1 nitrogen and oxygen atoms in total. The third kappa shape index (κ3) is 1.87. The van der Waals surface area contributed by atoms with Gasteiger partial charge in [0.2, 0.25) is 0 Å². The predicted octanol–water partition coefficient (Wildman–Crippen LogP) is 3.19. The SMILES string of the molecule is Cc1cc2ccccc2c[n+]1C(C)(C)C. The van der Waals surface area contributed by atoms with E-state index in [1.54, 1.807) is 0 Å². The normalized spacial score (nSPS) is 12.0. The van der Waals surface area contributed by atoms with Crippen molar-refractivity contribution in [1.29, 1.82) is 0 Å². The zero-order chi connectivity index (χ0) is 11.1. The summed E-state index contributed by atoms with van der Waals surface area (Å²) in [5, 5.41) is 2.62. The fourth-order valence-corrected chi connectivity index (χ4v) is 2.02. The first-order valence-electron chi connectivity index (χ1n) is 5.40. The fraction of sp³-hybridized carbons (Fsp3) is 0.357. The minimum atomic E-state index is 0.147. The maximum Gasteiger partial charge on any atom is 0.179 e. The van der Waals surface area contributed by atoms with E-state index in [-0.39, 0.29) is 5.54 Å². The molecule has 0 aliphatic carbocycles. The molecule has 1 heterocycles. The van der Waals surface area contributed by atoms with Crippen LogP contribution in [0.25, 0.3) is 10.8 Å². The van der Waals surface area contributed by atoms with Gasteiger partial charge >= 0.3 is 0 Å². The minimum Gasteiger partial charge on any atom is -0.198 e. The number of pyridine rings is 1. The molecule has 1 aromatic heterocycles. The Morgan fingerprint density at radius 3 is 2.20 bits per heavy atom. The van der Waals surface area contributed by atoms with Gasteiger partial charge < -0.3 is 0 Å². The number of benzene rings is 1. The summed E-state index contributed by atoms with van der Waals surface area (Å²) in [7, 11) is 0. The minimum absolute atomic E-state index is 0.147.